The topological polar surface area (TPSA) is 152 Å². The van der Waals surface area contributed by atoms with Crippen molar-refractivity contribution in [3.05, 3.63) is 52.1 Å². The molecular weight excluding hydrogens is 436 g/mol. The van der Waals surface area contributed by atoms with Gasteiger partial charge in [-0.05, 0) is 30.7 Å². The van der Waals surface area contributed by atoms with Crippen LogP contribution in [0.25, 0.3) is 0 Å². The molecule has 0 bridgehead atoms. The quantitative estimate of drug-likeness (QED) is 0.408. The van der Waals surface area contributed by atoms with Gasteiger partial charge in [0.25, 0.3) is 0 Å². The first-order chi connectivity index (χ1) is 15.7. The van der Waals surface area contributed by atoms with Crippen LogP contribution in [0.1, 0.15) is 37.4 Å². The summed E-state index contributed by atoms with van der Waals surface area (Å²) in [5.41, 5.74) is 0.953. The number of fused-ring (bicyclic) bond motifs is 2. The minimum absolute atomic E-state index is 0.0768. The summed E-state index contributed by atoms with van der Waals surface area (Å²) in [6.07, 6.45) is -7.35. The average molecular weight is 460 g/mol. The standard InChI is InChI=1S/C23H24O10/c1-9-4-11-12(7-14(9)32-23-22(29)21(28)20(27)16(8-24)33-23)18(25)13-5-10(30-2)6-15(31-3)17(13)19(11)26/h4-7,16,20-24,27-29H,8H2,1-3H3. The van der Waals surface area contributed by atoms with E-state index >= 15 is 0 Å². The number of methoxy groups -OCH3 is 2. The summed E-state index contributed by atoms with van der Waals surface area (Å²) >= 11 is 0. The summed E-state index contributed by atoms with van der Waals surface area (Å²) in [6.45, 7) is 1.03. The van der Waals surface area contributed by atoms with Gasteiger partial charge in [-0.25, -0.2) is 0 Å². The summed E-state index contributed by atoms with van der Waals surface area (Å²) in [5, 5.41) is 39.6. The Hall–Kier alpha value is -3.02. The first-order valence-electron chi connectivity index (χ1n) is 10.2. The van der Waals surface area contributed by atoms with Gasteiger partial charge in [-0.15, -0.1) is 0 Å². The average Bonchev–Trinajstić information content (AvgIpc) is 2.82. The number of hydrogen-bond acceptors (Lipinski definition) is 10. The third kappa shape index (κ3) is 3.75. The number of rotatable bonds is 5. The molecule has 2 aromatic carbocycles. The normalized spacial score (nSPS) is 26.5. The van der Waals surface area contributed by atoms with E-state index in [0.717, 1.165) is 0 Å². The third-order valence-corrected chi connectivity index (χ3v) is 5.90. The highest BCUT2D eigenvalue weighted by Crippen LogP contribution is 2.39. The Morgan fingerprint density at radius 2 is 1.55 bits per heavy atom. The van der Waals surface area contributed by atoms with E-state index in [1.54, 1.807) is 6.92 Å². The van der Waals surface area contributed by atoms with Crippen molar-refractivity contribution in [2.75, 3.05) is 20.8 Å². The van der Waals surface area contributed by atoms with E-state index in [2.05, 4.69) is 0 Å². The van der Waals surface area contributed by atoms with Crippen LogP contribution in [0.4, 0.5) is 0 Å². The fraction of sp³-hybridized carbons (Fsp3) is 0.391. The highest BCUT2D eigenvalue weighted by molar-refractivity contribution is 6.29. The van der Waals surface area contributed by atoms with Crippen LogP contribution in [-0.4, -0.2) is 83.5 Å². The molecule has 0 amide bonds. The van der Waals surface area contributed by atoms with E-state index in [1.807, 2.05) is 0 Å². The van der Waals surface area contributed by atoms with Gasteiger partial charge in [-0.3, -0.25) is 9.59 Å². The lowest BCUT2D eigenvalue weighted by atomic mass is 9.82. The number of aliphatic hydroxyl groups excluding tert-OH is 4. The Bertz CT molecular complexity index is 1110. The number of carbonyl (C=O) groups excluding carboxylic acids is 2. The van der Waals surface area contributed by atoms with Crippen LogP contribution in [-0.2, 0) is 4.74 Å². The maximum atomic E-state index is 13.3. The minimum atomic E-state index is -1.62. The molecule has 0 aromatic heterocycles. The van der Waals surface area contributed by atoms with E-state index in [4.69, 9.17) is 18.9 Å². The lowest BCUT2D eigenvalue weighted by molar-refractivity contribution is -0.277. The zero-order valence-electron chi connectivity index (χ0n) is 18.1. The van der Waals surface area contributed by atoms with Crippen LogP contribution < -0.4 is 14.2 Å². The molecule has 5 atom stereocenters. The molecule has 2 aliphatic rings. The highest BCUT2D eigenvalue weighted by Gasteiger charge is 2.45. The number of carbonyl (C=O) groups is 2. The van der Waals surface area contributed by atoms with Gasteiger partial charge < -0.3 is 39.4 Å². The van der Waals surface area contributed by atoms with Crippen molar-refractivity contribution in [3.63, 3.8) is 0 Å². The molecule has 1 aliphatic carbocycles. The number of ketones is 2. The van der Waals surface area contributed by atoms with Crippen molar-refractivity contribution in [2.45, 2.75) is 37.6 Å². The zero-order valence-corrected chi connectivity index (χ0v) is 18.1. The van der Waals surface area contributed by atoms with Crippen LogP contribution in [0.5, 0.6) is 17.2 Å². The molecule has 0 saturated carbocycles. The van der Waals surface area contributed by atoms with Crippen molar-refractivity contribution < 1.29 is 49.0 Å². The zero-order chi connectivity index (χ0) is 24.0. The Balaban J connectivity index is 1.73. The first kappa shape index (κ1) is 23.1. The summed E-state index contributed by atoms with van der Waals surface area (Å²) < 4.78 is 21.6. The maximum absolute atomic E-state index is 13.3. The van der Waals surface area contributed by atoms with Crippen molar-refractivity contribution in [3.8, 4) is 17.2 Å². The predicted octanol–water partition coefficient (Wildman–Crippen LogP) is -0.0337. The molecule has 1 aliphatic heterocycles. The van der Waals surface area contributed by atoms with E-state index in [-0.39, 0.29) is 33.8 Å². The number of hydrogen-bond donors (Lipinski definition) is 4. The van der Waals surface area contributed by atoms with Gasteiger partial charge in [0.2, 0.25) is 6.29 Å². The van der Waals surface area contributed by atoms with Crippen LogP contribution in [0, 0.1) is 6.92 Å². The molecule has 0 radical (unpaired) electrons. The van der Waals surface area contributed by atoms with E-state index in [1.165, 1.54) is 38.5 Å². The van der Waals surface area contributed by atoms with Crippen molar-refractivity contribution in [2.24, 2.45) is 0 Å². The predicted molar refractivity (Wildman–Crippen MR) is 112 cm³/mol. The smallest absolute Gasteiger partial charge is 0.229 e. The minimum Gasteiger partial charge on any atom is -0.497 e. The third-order valence-electron chi connectivity index (χ3n) is 5.90. The Morgan fingerprint density at radius 3 is 2.18 bits per heavy atom. The summed E-state index contributed by atoms with van der Waals surface area (Å²) in [5.74, 6) is -0.165. The number of aryl methyl sites for hydroxylation is 1. The molecule has 33 heavy (non-hydrogen) atoms. The molecule has 5 unspecified atom stereocenters. The lowest BCUT2D eigenvalue weighted by Crippen LogP contribution is -2.60. The van der Waals surface area contributed by atoms with E-state index < -0.39 is 48.9 Å². The van der Waals surface area contributed by atoms with Gasteiger partial charge in [-0.2, -0.15) is 0 Å². The van der Waals surface area contributed by atoms with Gasteiger partial charge in [0.15, 0.2) is 11.6 Å². The molecular formula is C23H24O10. The lowest BCUT2D eigenvalue weighted by Gasteiger charge is -2.39. The molecule has 1 fully saturated rings. The molecule has 0 spiro atoms. The summed E-state index contributed by atoms with van der Waals surface area (Å²) in [6, 6.07) is 5.83. The second-order valence-electron chi connectivity index (χ2n) is 7.89. The van der Waals surface area contributed by atoms with Crippen LogP contribution >= 0.6 is 0 Å². The van der Waals surface area contributed by atoms with Crippen molar-refractivity contribution >= 4 is 11.6 Å². The van der Waals surface area contributed by atoms with E-state index in [9.17, 15) is 30.0 Å². The molecule has 10 nitrogen and oxygen atoms in total. The molecule has 2 aromatic rings. The molecule has 10 heteroatoms. The van der Waals surface area contributed by atoms with Gasteiger partial charge in [0.05, 0.1) is 26.4 Å². The van der Waals surface area contributed by atoms with Gasteiger partial charge >= 0.3 is 0 Å². The maximum Gasteiger partial charge on any atom is 0.229 e. The monoisotopic (exact) mass is 460 g/mol. The van der Waals surface area contributed by atoms with E-state index in [0.29, 0.717) is 11.3 Å². The molecule has 1 heterocycles. The Kier molecular flexibility index (Phi) is 6.12. The van der Waals surface area contributed by atoms with Gasteiger partial charge in [0, 0.05) is 22.8 Å². The second kappa shape index (κ2) is 8.73. The SMILES string of the molecule is COc1cc(OC)c2c(c1)C(=O)c1cc(OC3OC(CO)C(O)C(O)C3O)c(C)cc1C2=O. The summed E-state index contributed by atoms with van der Waals surface area (Å²) in [7, 11) is 2.82. The fourth-order valence-electron chi connectivity index (χ4n) is 4.04. The first-order valence-corrected chi connectivity index (χ1v) is 10.2. The Morgan fingerprint density at radius 1 is 0.848 bits per heavy atom. The molecule has 4 rings (SSSR count). The van der Waals surface area contributed by atoms with Crippen LogP contribution in [0.2, 0.25) is 0 Å². The Labute approximate surface area is 188 Å². The van der Waals surface area contributed by atoms with Crippen molar-refractivity contribution in [1.82, 2.24) is 0 Å². The van der Waals surface area contributed by atoms with Crippen molar-refractivity contribution in [1.29, 1.82) is 0 Å². The van der Waals surface area contributed by atoms with Crippen LogP contribution in [0.3, 0.4) is 0 Å². The van der Waals surface area contributed by atoms with Gasteiger partial charge in [0.1, 0.15) is 41.7 Å². The highest BCUT2D eigenvalue weighted by atomic mass is 16.7. The summed E-state index contributed by atoms with van der Waals surface area (Å²) in [4.78, 5) is 26.5. The molecule has 4 N–H and O–H groups in total. The fourth-order valence-corrected chi connectivity index (χ4v) is 4.04. The molecule has 176 valence electrons. The van der Waals surface area contributed by atoms with Crippen LogP contribution in [0.15, 0.2) is 24.3 Å². The number of aliphatic hydroxyl groups is 4. The second-order valence-corrected chi connectivity index (χ2v) is 7.89. The largest absolute Gasteiger partial charge is 0.497 e. The number of benzene rings is 2. The molecule has 1 saturated heterocycles. The number of ether oxygens (including phenoxy) is 4. The van der Waals surface area contributed by atoms with Gasteiger partial charge in [-0.1, -0.05) is 0 Å².